The van der Waals surface area contributed by atoms with Gasteiger partial charge in [-0.1, -0.05) is 26.0 Å². The van der Waals surface area contributed by atoms with Crippen LogP contribution in [0.4, 0.5) is 8.78 Å². The molecule has 0 radical (unpaired) electrons. The van der Waals surface area contributed by atoms with Gasteiger partial charge >= 0.3 is 6.61 Å². The van der Waals surface area contributed by atoms with Crippen LogP contribution < -0.4 is 15.8 Å². The van der Waals surface area contributed by atoms with Crippen molar-refractivity contribution < 1.29 is 13.5 Å². The first-order valence-corrected chi connectivity index (χ1v) is 6.36. The van der Waals surface area contributed by atoms with Crippen LogP contribution in [0.1, 0.15) is 26.3 Å². The summed E-state index contributed by atoms with van der Waals surface area (Å²) in [5.41, 5.74) is 6.65. The maximum absolute atomic E-state index is 12.0. The van der Waals surface area contributed by atoms with Gasteiger partial charge in [0, 0.05) is 18.6 Å². The molecule has 0 aliphatic rings. The van der Waals surface area contributed by atoms with Crippen molar-refractivity contribution in [3.8, 4) is 5.75 Å². The van der Waals surface area contributed by atoms with Crippen molar-refractivity contribution in [2.45, 2.75) is 39.5 Å². The van der Waals surface area contributed by atoms with E-state index in [1.165, 1.54) is 0 Å². The van der Waals surface area contributed by atoms with E-state index < -0.39 is 6.61 Å². The van der Waals surface area contributed by atoms with Gasteiger partial charge in [-0.2, -0.15) is 8.78 Å². The van der Waals surface area contributed by atoms with Crippen LogP contribution in [0.25, 0.3) is 0 Å². The molecule has 108 valence electrons. The largest absolute Gasteiger partial charge is 0.435 e. The van der Waals surface area contributed by atoms with E-state index in [2.05, 4.69) is 30.8 Å². The second-order valence-corrected chi connectivity index (χ2v) is 5.15. The molecule has 3 N–H and O–H groups in total. The molecule has 0 fully saturated rings. The molecule has 19 heavy (non-hydrogen) atoms. The van der Waals surface area contributed by atoms with Gasteiger partial charge in [-0.05, 0) is 30.5 Å². The van der Waals surface area contributed by atoms with Crippen molar-refractivity contribution in [2.24, 2.45) is 11.7 Å². The van der Waals surface area contributed by atoms with Gasteiger partial charge in [-0.3, -0.25) is 0 Å². The summed E-state index contributed by atoms with van der Waals surface area (Å²) in [5, 5.41) is 3.41. The first-order chi connectivity index (χ1) is 8.87. The number of hydrogen-bond donors (Lipinski definition) is 2. The topological polar surface area (TPSA) is 47.3 Å². The minimum absolute atomic E-state index is 0.141. The van der Waals surface area contributed by atoms with Crippen molar-refractivity contribution in [3.05, 3.63) is 29.8 Å². The van der Waals surface area contributed by atoms with E-state index in [4.69, 9.17) is 5.73 Å². The molecule has 0 spiro atoms. The molecule has 0 aliphatic carbocycles. The van der Waals surface area contributed by atoms with E-state index in [0.29, 0.717) is 19.0 Å². The highest BCUT2D eigenvalue weighted by molar-refractivity contribution is 5.27. The molecule has 0 aromatic heterocycles. The Morgan fingerprint density at radius 3 is 2.26 bits per heavy atom. The summed E-state index contributed by atoms with van der Waals surface area (Å²) in [4.78, 5) is 0. The fourth-order valence-electron chi connectivity index (χ4n) is 1.60. The zero-order valence-electron chi connectivity index (χ0n) is 11.6. The number of rotatable bonds is 7. The predicted molar refractivity (Wildman–Crippen MR) is 72.2 cm³/mol. The molecule has 3 nitrogen and oxygen atoms in total. The van der Waals surface area contributed by atoms with E-state index in [9.17, 15) is 8.78 Å². The fraction of sp³-hybridized carbons (Fsp3) is 0.571. The van der Waals surface area contributed by atoms with E-state index >= 15 is 0 Å². The molecule has 0 heterocycles. The highest BCUT2D eigenvalue weighted by Crippen LogP contribution is 2.18. The zero-order chi connectivity index (χ0) is 14.5. The Bertz CT molecular complexity index is 382. The number of halogens is 2. The average molecular weight is 272 g/mol. The molecule has 1 atom stereocenters. The summed E-state index contributed by atoms with van der Waals surface area (Å²) >= 11 is 0. The molecule has 0 bridgehead atoms. The van der Waals surface area contributed by atoms with Crippen LogP contribution in [0, 0.1) is 5.92 Å². The average Bonchev–Trinajstić information content (AvgIpc) is 2.36. The maximum atomic E-state index is 12.0. The minimum Gasteiger partial charge on any atom is -0.435 e. The standard InChI is InChI=1S/C14H22F2N2O/c1-10(2)14(3,9-17)18-8-11-4-6-12(7-5-11)19-13(15)16/h4-7,10,13,18H,8-9,17H2,1-3H3. The van der Waals surface area contributed by atoms with Crippen LogP contribution in [0.2, 0.25) is 0 Å². The third-order valence-electron chi connectivity index (χ3n) is 3.54. The fourth-order valence-corrected chi connectivity index (χ4v) is 1.60. The third-order valence-corrected chi connectivity index (χ3v) is 3.54. The summed E-state index contributed by atoms with van der Waals surface area (Å²) in [6, 6.07) is 6.61. The zero-order valence-corrected chi connectivity index (χ0v) is 11.6. The Kier molecular flexibility index (Phi) is 5.69. The molecule has 0 aliphatic heterocycles. The normalized spacial score (nSPS) is 14.7. The van der Waals surface area contributed by atoms with Crippen LogP contribution in [-0.2, 0) is 6.54 Å². The van der Waals surface area contributed by atoms with Gasteiger partial charge in [-0.25, -0.2) is 0 Å². The second kappa shape index (κ2) is 6.82. The SMILES string of the molecule is CC(C)C(C)(CN)NCc1ccc(OC(F)F)cc1. The molecule has 0 amide bonds. The van der Waals surface area contributed by atoms with Crippen molar-refractivity contribution >= 4 is 0 Å². The van der Waals surface area contributed by atoms with Gasteiger partial charge in [-0.15, -0.1) is 0 Å². The Morgan fingerprint density at radius 1 is 1.26 bits per heavy atom. The number of nitrogens with one attached hydrogen (secondary N) is 1. The van der Waals surface area contributed by atoms with Crippen molar-refractivity contribution in [3.63, 3.8) is 0 Å². The number of nitrogens with two attached hydrogens (primary N) is 1. The summed E-state index contributed by atoms with van der Waals surface area (Å²) < 4.78 is 28.3. The number of benzene rings is 1. The van der Waals surface area contributed by atoms with E-state index in [-0.39, 0.29) is 11.3 Å². The molecular weight excluding hydrogens is 250 g/mol. The van der Waals surface area contributed by atoms with Crippen molar-refractivity contribution in [1.29, 1.82) is 0 Å². The Morgan fingerprint density at radius 2 is 1.84 bits per heavy atom. The second-order valence-electron chi connectivity index (χ2n) is 5.15. The lowest BCUT2D eigenvalue weighted by Crippen LogP contribution is -2.52. The number of ether oxygens (including phenoxy) is 1. The van der Waals surface area contributed by atoms with E-state index in [0.717, 1.165) is 5.56 Å². The summed E-state index contributed by atoms with van der Waals surface area (Å²) in [5.74, 6) is 0.572. The highest BCUT2D eigenvalue weighted by atomic mass is 19.3. The van der Waals surface area contributed by atoms with Gasteiger partial charge in [0.25, 0.3) is 0 Å². The molecule has 1 rings (SSSR count). The lowest BCUT2D eigenvalue weighted by molar-refractivity contribution is -0.0498. The van der Waals surface area contributed by atoms with E-state index in [1.807, 2.05) is 0 Å². The van der Waals surface area contributed by atoms with Gasteiger partial charge in [0.2, 0.25) is 0 Å². The van der Waals surface area contributed by atoms with Crippen LogP contribution in [0.5, 0.6) is 5.75 Å². The monoisotopic (exact) mass is 272 g/mol. The summed E-state index contributed by atoms with van der Waals surface area (Å²) in [6.45, 7) is 4.69. The smallest absolute Gasteiger partial charge is 0.387 e. The molecule has 5 heteroatoms. The Balaban J connectivity index is 2.58. The first kappa shape index (κ1) is 15.9. The predicted octanol–water partition coefficient (Wildman–Crippen LogP) is 2.75. The van der Waals surface area contributed by atoms with Gasteiger partial charge in [0.05, 0.1) is 0 Å². The first-order valence-electron chi connectivity index (χ1n) is 6.36. The van der Waals surface area contributed by atoms with Crippen molar-refractivity contribution in [1.82, 2.24) is 5.32 Å². The lowest BCUT2D eigenvalue weighted by Gasteiger charge is -2.33. The van der Waals surface area contributed by atoms with Crippen LogP contribution in [0.15, 0.2) is 24.3 Å². The van der Waals surface area contributed by atoms with Gasteiger partial charge in [0.15, 0.2) is 0 Å². The Hall–Kier alpha value is -1.20. The quantitative estimate of drug-likeness (QED) is 0.802. The number of hydrogen-bond acceptors (Lipinski definition) is 3. The molecule has 0 saturated heterocycles. The highest BCUT2D eigenvalue weighted by Gasteiger charge is 2.25. The van der Waals surface area contributed by atoms with Crippen LogP contribution in [0.3, 0.4) is 0 Å². The van der Waals surface area contributed by atoms with Crippen molar-refractivity contribution in [2.75, 3.05) is 6.54 Å². The Labute approximate surface area is 113 Å². The minimum atomic E-state index is -2.79. The van der Waals surface area contributed by atoms with Crippen LogP contribution in [-0.4, -0.2) is 18.7 Å². The summed E-state index contributed by atoms with van der Waals surface area (Å²) in [7, 11) is 0. The summed E-state index contributed by atoms with van der Waals surface area (Å²) in [6.07, 6.45) is 0. The van der Waals surface area contributed by atoms with E-state index in [1.54, 1.807) is 24.3 Å². The number of alkyl halides is 2. The molecule has 0 saturated carbocycles. The van der Waals surface area contributed by atoms with Gasteiger partial charge < -0.3 is 15.8 Å². The lowest BCUT2D eigenvalue weighted by atomic mass is 9.88. The van der Waals surface area contributed by atoms with Crippen LogP contribution >= 0.6 is 0 Å². The van der Waals surface area contributed by atoms with Gasteiger partial charge in [0.1, 0.15) is 5.75 Å². The molecular formula is C14H22F2N2O. The molecule has 1 unspecified atom stereocenters. The third kappa shape index (κ3) is 4.76. The molecule has 1 aromatic carbocycles. The molecule has 1 aromatic rings. The maximum Gasteiger partial charge on any atom is 0.387 e.